The largest absolute Gasteiger partial charge is 1.00 e. The molecule has 0 saturated heterocycles. The Morgan fingerprint density at radius 3 is 1.54 bits per heavy atom. The molecule has 1 unspecified atom stereocenters. The fourth-order valence-corrected chi connectivity index (χ4v) is 2.95. The van der Waals surface area contributed by atoms with Gasteiger partial charge in [0.05, 0.1) is 25.7 Å². The molecule has 0 radical (unpaired) electrons. The standard InChI is InChI=1S/C9H16O2.C7H12O4.C4H7Br.Na.H/c1-3-11-9(10)7(2)8-5-4-6-8;1-3-10-6(8)5-7(9)11-4-2;5-4-2-1-3-4;;/h7-8H,3-6H2,1-2H3;3-5H2,1-2H3;4H,1-3H2;;/q;;;+1;-1. The van der Waals surface area contributed by atoms with Gasteiger partial charge in [0.2, 0.25) is 0 Å². The summed E-state index contributed by atoms with van der Waals surface area (Å²) >= 11 is 3.46. The predicted octanol–water partition coefficient (Wildman–Crippen LogP) is 1.54. The van der Waals surface area contributed by atoms with Gasteiger partial charge in [-0.25, -0.2) is 0 Å². The molecule has 0 aromatic rings. The van der Waals surface area contributed by atoms with Gasteiger partial charge in [-0.15, -0.1) is 0 Å². The Morgan fingerprint density at radius 2 is 1.29 bits per heavy atom. The minimum Gasteiger partial charge on any atom is -1.00 e. The molecular weight excluding hydrogens is 439 g/mol. The molecule has 1 atom stereocenters. The van der Waals surface area contributed by atoms with Crippen LogP contribution >= 0.6 is 15.9 Å². The molecule has 6 nitrogen and oxygen atoms in total. The van der Waals surface area contributed by atoms with Crippen LogP contribution in [-0.4, -0.2) is 42.6 Å². The third-order valence-electron chi connectivity index (χ3n) is 4.45. The summed E-state index contributed by atoms with van der Waals surface area (Å²) in [5.41, 5.74) is 0. The van der Waals surface area contributed by atoms with Crippen molar-refractivity contribution in [3.05, 3.63) is 0 Å². The Balaban J connectivity index is -0.000000357. The molecule has 2 rings (SSSR count). The molecule has 0 aliphatic heterocycles. The van der Waals surface area contributed by atoms with Crippen LogP contribution in [0.2, 0.25) is 0 Å². The summed E-state index contributed by atoms with van der Waals surface area (Å²) in [5, 5.41) is 0. The summed E-state index contributed by atoms with van der Waals surface area (Å²) in [6, 6.07) is 0. The zero-order valence-corrected chi connectivity index (χ0v) is 21.7. The van der Waals surface area contributed by atoms with E-state index < -0.39 is 11.9 Å². The van der Waals surface area contributed by atoms with Crippen LogP contribution in [0, 0.1) is 11.8 Å². The van der Waals surface area contributed by atoms with Crippen molar-refractivity contribution in [2.45, 2.75) is 77.5 Å². The van der Waals surface area contributed by atoms with Gasteiger partial charge in [-0.1, -0.05) is 35.7 Å². The summed E-state index contributed by atoms with van der Waals surface area (Å²) in [6.45, 7) is 8.28. The van der Waals surface area contributed by atoms with Gasteiger partial charge in [0.15, 0.2) is 0 Å². The minimum atomic E-state index is -0.536. The quantitative estimate of drug-likeness (QED) is 0.183. The number of halogens is 1. The van der Waals surface area contributed by atoms with Crippen LogP contribution in [0.1, 0.15) is 74.1 Å². The number of hydrogen-bond acceptors (Lipinski definition) is 6. The van der Waals surface area contributed by atoms with Gasteiger partial charge in [0.1, 0.15) is 6.42 Å². The van der Waals surface area contributed by atoms with Gasteiger partial charge in [0.25, 0.3) is 0 Å². The molecular formula is C20H36BrNaO6. The van der Waals surface area contributed by atoms with Crippen LogP contribution in [0.5, 0.6) is 0 Å². The molecule has 0 heterocycles. The van der Waals surface area contributed by atoms with Crippen molar-refractivity contribution in [2.24, 2.45) is 11.8 Å². The Hall–Kier alpha value is -0.110. The zero-order chi connectivity index (χ0) is 20.7. The smallest absolute Gasteiger partial charge is 1.00 e. The second-order valence-electron chi connectivity index (χ2n) is 6.55. The van der Waals surface area contributed by atoms with E-state index in [-0.39, 0.29) is 62.5 Å². The fourth-order valence-electron chi connectivity index (χ4n) is 2.31. The van der Waals surface area contributed by atoms with Crippen LogP contribution in [0.3, 0.4) is 0 Å². The van der Waals surface area contributed by atoms with E-state index in [9.17, 15) is 14.4 Å². The van der Waals surface area contributed by atoms with E-state index in [0.717, 1.165) is 4.83 Å². The Bertz CT molecular complexity index is 429. The molecule has 0 N–H and O–H groups in total. The van der Waals surface area contributed by atoms with Crippen molar-refractivity contribution in [2.75, 3.05) is 19.8 Å². The second kappa shape index (κ2) is 18.9. The van der Waals surface area contributed by atoms with Crippen molar-refractivity contribution in [1.82, 2.24) is 0 Å². The second-order valence-corrected chi connectivity index (χ2v) is 7.84. The van der Waals surface area contributed by atoms with Crippen molar-refractivity contribution >= 4 is 33.8 Å². The third kappa shape index (κ3) is 14.8. The average molecular weight is 475 g/mol. The Labute approximate surface area is 201 Å². The predicted molar refractivity (Wildman–Crippen MR) is 109 cm³/mol. The van der Waals surface area contributed by atoms with Crippen LogP contribution < -0.4 is 29.6 Å². The van der Waals surface area contributed by atoms with Crippen molar-refractivity contribution in [3.8, 4) is 0 Å². The van der Waals surface area contributed by atoms with Crippen LogP contribution in [-0.2, 0) is 28.6 Å². The molecule has 2 aliphatic rings. The van der Waals surface area contributed by atoms with E-state index in [1.807, 2.05) is 13.8 Å². The summed E-state index contributed by atoms with van der Waals surface area (Å²) in [5.74, 6) is -0.355. The van der Waals surface area contributed by atoms with E-state index in [1.165, 1.54) is 38.5 Å². The van der Waals surface area contributed by atoms with Gasteiger partial charge >= 0.3 is 47.5 Å². The average Bonchev–Trinajstić information content (AvgIpc) is 2.53. The van der Waals surface area contributed by atoms with E-state index >= 15 is 0 Å². The molecule has 2 aliphatic carbocycles. The molecule has 0 bridgehead atoms. The topological polar surface area (TPSA) is 78.9 Å². The van der Waals surface area contributed by atoms with Crippen molar-refractivity contribution < 1.29 is 59.6 Å². The number of carbonyl (C=O) groups excluding carboxylic acids is 3. The Morgan fingerprint density at radius 1 is 0.893 bits per heavy atom. The molecule has 2 saturated carbocycles. The first-order chi connectivity index (χ1) is 12.8. The van der Waals surface area contributed by atoms with Crippen molar-refractivity contribution in [1.29, 1.82) is 0 Å². The minimum absolute atomic E-state index is 0. The van der Waals surface area contributed by atoms with Crippen LogP contribution in [0.4, 0.5) is 0 Å². The van der Waals surface area contributed by atoms with E-state index in [4.69, 9.17) is 4.74 Å². The first-order valence-corrected chi connectivity index (χ1v) is 10.9. The van der Waals surface area contributed by atoms with Gasteiger partial charge in [-0.05, 0) is 52.4 Å². The number of hydrogen-bond donors (Lipinski definition) is 0. The summed E-state index contributed by atoms with van der Waals surface area (Å²) in [7, 11) is 0. The van der Waals surface area contributed by atoms with Crippen LogP contribution in [0.15, 0.2) is 0 Å². The summed E-state index contributed by atoms with van der Waals surface area (Å²) in [6.07, 6.45) is 7.66. The molecule has 0 amide bonds. The maximum atomic E-state index is 11.2. The monoisotopic (exact) mass is 474 g/mol. The van der Waals surface area contributed by atoms with Crippen molar-refractivity contribution in [3.63, 3.8) is 0 Å². The molecule has 2 fully saturated rings. The first-order valence-electron chi connectivity index (χ1n) is 9.97. The molecule has 28 heavy (non-hydrogen) atoms. The maximum Gasteiger partial charge on any atom is 1.00 e. The molecule has 160 valence electrons. The van der Waals surface area contributed by atoms with Crippen LogP contribution in [0.25, 0.3) is 0 Å². The summed E-state index contributed by atoms with van der Waals surface area (Å²) < 4.78 is 14.0. The maximum absolute atomic E-state index is 11.2. The number of carbonyl (C=O) groups is 3. The molecule has 0 aromatic heterocycles. The Kier molecular flexibility index (Phi) is 20.3. The number of esters is 3. The van der Waals surface area contributed by atoms with E-state index in [0.29, 0.717) is 12.5 Å². The van der Waals surface area contributed by atoms with Gasteiger partial charge in [-0.2, -0.15) is 0 Å². The molecule has 8 heteroatoms. The van der Waals surface area contributed by atoms with Gasteiger partial charge < -0.3 is 15.6 Å². The number of alkyl halides is 1. The SMILES string of the molecule is BrC1CCC1.CCOC(=O)C(C)C1CCC1.CCOC(=O)CC(=O)OCC.[H-].[Na+]. The third-order valence-corrected chi connectivity index (χ3v) is 5.37. The fraction of sp³-hybridized carbons (Fsp3) is 0.850. The first kappa shape index (κ1) is 30.1. The summed E-state index contributed by atoms with van der Waals surface area (Å²) in [4.78, 5) is 33.2. The number of rotatable bonds is 7. The zero-order valence-electron chi connectivity index (χ0n) is 19.1. The molecule has 0 aromatic carbocycles. The van der Waals surface area contributed by atoms with E-state index in [1.54, 1.807) is 13.8 Å². The van der Waals surface area contributed by atoms with E-state index in [2.05, 4.69) is 25.4 Å². The van der Waals surface area contributed by atoms with Gasteiger partial charge in [0, 0.05) is 4.83 Å². The number of ether oxygens (including phenoxy) is 3. The normalized spacial score (nSPS) is 16.2. The van der Waals surface area contributed by atoms with Gasteiger partial charge in [-0.3, -0.25) is 14.4 Å². The molecule has 0 spiro atoms.